The van der Waals surface area contributed by atoms with Crippen molar-refractivity contribution in [1.82, 2.24) is 15.5 Å². The monoisotopic (exact) mass is 485 g/mol. The molecule has 0 aliphatic carbocycles. The molecule has 1 heterocycles. The molecule has 3 amide bonds. The van der Waals surface area contributed by atoms with Crippen LogP contribution in [0.15, 0.2) is 48.5 Å². The van der Waals surface area contributed by atoms with Gasteiger partial charge in [0, 0.05) is 44.5 Å². The average molecular weight is 486 g/mol. The highest BCUT2D eigenvalue weighted by molar-refractivity contribution is 5.98. The van der Waals surface area contributed by atoms with Crippen LogP contribution in [0, 0.1) is 11.7 Å². The molecule has 1 aliphatic rings. The van der Waals surface area contributed by atoms with Gasteiger partial charge in [0.05, 0.1) is 7.11 Å². The van der Waals surface area contributed by atoms with Crippen LogP contribution in [-0.2, 0) is 9.53 Å². The van der Waals surface area contributed by atoms with Crippen LogP contribution in [0.5, 0.6) is 5.75 Å². The molecule has 1 atom stereocenters. The smallest absolute Gasteiger partial charge is 0.253 e. The lowest BCUT2D eigenvalue weighted by atomic mass is 9.88. The van der Waals surface area contributed by atoms with Crippen LogP contribution in [-0.4, -0.2) is 69.1 Å². The van der Waals surface area contributed by atoms with E-state index in [2.05, 4.69) is 10.6 Å². The minimum absolute atomic E-state index is 0.142. The van der Waals surface area contributed by atoms with Crippen LogP contribution in [0.1, 0.15) is 40.0 Å². The van der Waals surface area contributed by atoms with Gasteiger partial charge < -0.3 is 25.0 Å². The summed E-state index contributed by atoms with van der Waals surface area (Å²) < 4.78 is 23.4. The van der Waals surface area contributed by atoms with E-state index in [4.69, 9.17) is 9.47 Å². The highest BCUT2D eigenvalue weighted by Crippen LogP contribution is 2.23. The molecule has 2 aromatic rings. The lowest BCUT2D eigenvalue weighted by molar-refractivity contribution is -0.124. The molecule has 2 N–H and O–H groups in total. The van der Waals surface area contributed by atoms with E-state index < -0.39 is 11.9 Å². The normalized spacial score (nSPS) is 14.8. The lowest BCUT2D eigenvalue weighted by Crippen LogP contribution is -2.54. The summed E-state index contributed by atoms with van der Waals surface area (Å²) in [5.41, 5.74) is 0.844. The van der Waals surface area contributed by atoms with Gasteiger partial charge in [-0.05, 0) is 73.7 Å². The lowest BCUT2D eigenvalue weighted by Gasteiger charge is -2.36. The minimum atomic E-state index is -0.741. The van der Waals surface area contributed by atoms with E-state index in [9.17, 15) is 18.8 Å². The number of hydrogen-bond acceptors (Lipinski definition) is 5. The molecule has 1 saturated heterocycles. The van der Waals surface area contributed by atoms with Gasteiger partial charge in [-0.3, -0.25) is 14.4 Å². The first-order valence-electron chi connectivity index (χ1n) is 11.7. The van der Waals surface area contributed by atoms with E-state index in [0.29, 0.717) is 62.4 Å². The van der Waals surface area contributed by atoms with Gasteiger partial charge in [0.25, 0.3) is 11.8 Å². The molecule has 35 heavy (non-hydrogen) atoms. The van der Waals surface area contributed by atoms with E-state index in [1.807, 2.05) is 0 Å². The maximum atomic E-state index is 13.2. The number of hydrogen-bond donors (Lipinski definition) is 2. The fraction of sp³-hybridized carbons (Fsp3) is 0.423. The summed E-state index contributed by atoms with van der Waals surface area (Å²) in [7, 11) is 3.15. The first-order valence-corrected chi connectivity index (χ1v) is 11.7. The van der Waals surface area contributed by atoms with Crippen molar-refractivity contribution >= 4 is 17.7 Å². The zero-order chi connectivity index (χ0) is 25.2. The Morgan fingerprint density at radius 2 is 1.63 bits per heavy atom. The van der Waals surface area contributed by atoms with Crippen molar-refractivity contribution in [1.29, 1.82) is 0 Å². The molecule has 188 valence electrons. The van der Waals surface area contributed by atoms with Crippen molar-refractivity contribution in [3.05, 3.63) is 65.5 Å². The molecule has 9 heteroatoms. The van der Waals surface area contributed by atoms with Gasteiger partial charge in [-0.2, -0.15) is 0 Å². The van der Waals surface area contributed by atoms with Crippen LogP contribution in [0.4, 0.5) is 4.39 Å². The molecular formula is C26H32FN3O5. The third-order valence-electron chi connectivity index (χ3n) is 6.14. The third-order valence-corrected chi connectivity index (χ3v) is 6.14. The summed E-state index contributed by atoms with van der Waals surface area (Å²) in [6, 6.07) is 11.4. The van der Waals surface area contributed by atoms with E-state index in [1.165, 1.54) is 24.3 Å². The summed E-state index contributed by atoms with van der Waals surface area (Å²) in [5.74, 6) is -0.691. The van der Waals surface area contributed by atoms with Crippen molar-refractivity contribution in [3.63, 3.8) is 0 Å². The second kappa shape index (κ2) is 12.9. The highest BCUT2D eigenvalue weighted by Gasteiger charge is 2.34. The zero-order valence-corrected chi connectivity index (χ0v) is 20.1. The first-order chi connectivity index (χ1) is 16.9. The SMILES string of the molecule is COCCCNC(=O)[C@H](NC(=O)c1ccc(OC)cc1)C1CCN(C(=O)c2ccc(F)cc2)CC1. The summed E-state index contributed by atoms with van der Waals surface area (Å²) in [5, 5.41) is 5.78. The molecule has 0 bridgehead atoms. The van der Waals surface area contributed by atoms with Crippen molar-refractivity contribution in [2.45, 2.75) is 25.3 Å². The Morgan fingerprint density at radius 3 is 2.23 bits per heavy atom. The van der Waals surface area contributed by atoms with E-state index in [0.717, 1.165) is 0 Å². The van der Waals surface area contributed by atoms with Crippen LogP contribution < -0.4 is 15.4 Å². The van der Waals surface area contributed by atoms with E-state index >= 15 is 0 Å². The fourth-order valence-electron chi connectivity index (χ4n) is 4.11. The van der Waals surface area contributed by atoms with Crippen LogP contribution in [0.2, 0.25) is 0 Å². The molecule has 0 saturated carbocycles. The molecule has 0 aromatic heterocycles. The maximum absolute atomic E-state index is 13.2. The van der Waals surface area contributed by atoms with Crippen molar-refractivity contribution < 1.29 is 28.2 Å². The number of ether oxygens (including phenoxy) is 2. The summed E-state index contributed by atoms with van der Waals surface area (Å²) in [6.45, 7) is 1.83. The number of nitrogens with one attached hydrogen (secondary N) is 2. The Bertz CT molecular complexity index is 989. The number of halogens is 1. The number of carbonyl (C=O) groups is 3. The number of nitrogens with zero attached hydrogens (tertiary/aromatic N) is 1. The highest BCUT2D eigenvalue weighted by atomic mass is 19.1. The van der Waals surface area contributed by atoms with Crippen LogP contribution >= 0.6 is 0 Å². The van der Waals surface area contributed by atoms with Gasteiger partial charge in [-0.1, -0.05) is 0 Å². The van der Waals surface area contributed by atoms with Gasteiger partial charge in [0.1, 0.15) is 17.6 Å². The topological polar surface area (TPSA) is 97.0 Å². The maximum Gasteiger partial charge on any atom is 0.253 e. The molecule has 3 rings (SSSR count). The number of carbonyl (C=O) groups excluding carboxylic acids is 3. The second-order valence-corrected chi connectivity index (χ2v) is 8.45. The summed E-state index contributed by atoms with van der Waals surface area (Å²) in [4.78, 5) is 40.4. The second-order valence-electron chi connectivity index (χ2n) is 8.45. The Balaban J connectivity index is 1.66. The predicted octanol–water partition coefficient (Wildman–Crippen LogP) is 2.64. The van der Waals surface area contributed by atoms with Crippen LogP contribution in [0.25, 0.3) is 0 Å². The van der Waals surface area contributed by atoms with Crippen molar-refractivity contribution in [3.8, 4) is 5.75 Å². The molecule has 1 fully saturated rings. The molecule has 8 nitrogen and oxygen atoms in total. The average Bonchev–Trinajstić information content (AvgIpc) is 2.89. The number of benzene rings is 2. The van der Waals surface area contributed by atoms with Gasteiger partial charge in [0.2, 0.25) is 5.91 Å². The molecule has 0 radical (unpaired) electrons. The van der Waals surface area contributed by atoms with E-state index in [1.54, 1.807) is 43.4 Å². The number of amides is 3. The van der Waals surface area contributed by atoms with Crippen LogP contribution in [0.3, 0.4) is 0 Å². The zero-order valence-electron chi connectivity index (χ0n) is 20.1. The Hall–Kier alpha value is -3.46. The van der Waals surface area contributed by atoms with Gasteiger partial charge in [-0.15, -0.1) is 0 Å². The number of methoxy groups -OCH3 is 2. The third kappa shape index (κ3) is 7.26. The summed E-state index contributed by atoms with van der Waals surface area (Å²) in [6.07, 6.45) is 1.75. The van der Waals surface area contributed by atoms with Crippen molar-refractivity contribution in [2.24, 2.45) is 5.92 Å². The molecular weight excluding hydrogens is 453 g/mol. The number of rotatable bonds is 10. The van der Waals surface area contributed by atoms with E-state index in [-0.39, 0.29) is 23.6 Å². The Morgan fingerprint density at radius 1 is 1.00 bits per heavy atom. The molecule has 0 spiro atoms. The number of likely N-dealkylation sites (tertiary alicyclic amines) is 1. The Kier molecular flexibility index (Phi) is 9.60. The van der Waals surface area contributed by atoms with Crippen molar-refractivity contribution in [2.75, 3.05) is 40.5 Å². The largest absolute Gasteiger partial charge is 0.497 e. The fourth-order valence-corrected chi connectivity index (χ4v) is 4.11. The number of piperidine rings is 1. The van der Waals surface area contributed by atoms with Gasteiger partial charge >= 0.3 is 0 Å². The summed E-state index contributed by atoms with van der Waals surface area (Å²) >= 11 is 0. The Labute approximate surface area is 204 Å². The quantitative estimate of drug-likeness (QED) is 0.505. The van der Waals surface area contributed by atoms with Gasteiger partial charge in [-0.25, -0.2) is 4.39 Å². The minimum Gasteiger partial charge on any atom is -0.497 e. The van der Waals surface area contributed by atoms with Gasteiger partial charge in [0.15, 0.2) is 0 Å². The molecule has 2 aromatic carbocycles. The first kappa shape index (κ1) is 26.2. The molecule has 1 aliphatic heterocycles. The standard InChI is InChI=1S/C26H32FN3O5/c1-34-17-3-14-28-25(32)23(29-24(31)19-6-10-22(35-2)11-7-19)18-12-15-30(16-13-18)26(33)20-4-8-21(27)9-5-20/h4-11,18,23H,3,12-17H2,1-2H3,(H,28,32)(H,29,31)/t23-/m1/s1. The predicted molar refractivity (Wildman–Crippen MR) is 129 cm³/mol. The molecule has 0 unspecified atom stereocenters.